The van der Waals surface area contributed by atoms with Crippen LogP contribution in [0.1, 0.15) is 25.5 Å². The smallest absolute Gasteiger partial charge is 0.240 e. The van der Waals surface area contributed by atoms with E-state index in [-0.39, 0.29) is 24.4 Å². The van der Waals surface area contributed by atoms with Gasteiger partial charge in [-0.1, -0.05) is 30.3 Å². The molecule has 7 nitrogen and oxygen atoms in total. The predicted octanol–water partition coefficient (Wildman–Crippen LogP) is 2.94. The molecular weight excluding hydrogens is 360 g/mol. The first-order chi connectivity index (χ1) is 13.4. The van der Waals surface area contributed by atoms with Gasteiger partial charge < -0.3 is 24.4 Å². The fourth-order valence-corrected chi connectivity index (χ4v) is 2.86. The van der Waals surface area contributed by atoms with Crippen molar-refractivity contribution in [1.82, 2.24) is 5.32 Å². The van der Waals surface area contributed by atoms with Crippen LogP contribution in [0.5, 0.6) is 17.2 Å². The Hall–Kier alpha value is -3.22. The van der Waals surface area contributed by atoms with E-state index in [0.29, 0.717) is 22.9 Å². The Morgan fingerprint density at radius 1 is 1.00 bits per heavy atom. The van der Waals surface area contributed by atoms with Gasteiger partial charge in [-0.3, -0.25) is 9.59 Å². The lowest BCUT2D eigenvalue weighted by molar-refractivity contribution is -0.123. The summed E-state index contributed by atoms with van der Waals surface area (Å²) in [5.41, 5.74) is 1.46. The van der Waals surface area contributed by atoms with Crippen LogP contribution >= 0.6 is 0 Å². The summed E-state index contributed by atoms with van der Waals surface area (Å²) in [4.78, 5) is 26.1. The third-order valence-electron chi connectivity index (χ3n) is 4.32. The van der Waals surface area contributed by atoms with Gasteiger partial charge in [-0.15, -0.1) is 0 Å². The van der Waals surface area contributed by atoms with Gasteiger partial charge in [0.25, 0.3) is 0 Å². The molecule has 0 fully saturated rings. The molecular formula is C21H26N2O5. The molecule has 0 spiro atoms. The molecule has 2 amide bonds. The summed E-state index contributed by atoms with van der Waals surface area (Å²) in [5, 5.41) is 2.91. The van der Waals surface area contributed by atoms with E-state index in [1.54, 1.807) is 12.1 Å². The number of benzene rings is 2. The van der Waals surface area contributed by atoms with Crippen LogP contribution in [0.15, 0.2) is 42.5 Å². The molecule has 150 valence electrons. The Morgan fingerprint density at radius 3 is 2.04 bits per heavy atom. The summed E-state index contributed by atoms with van der Waals surface area (Å²) >= 11 is 0. The Labute approximate surface area is 165 Å². The van der Waals surface area contributed by atoms with Crippen molar-refractivity contribution in [2.24, 2.45) is 0 Å². The van der Waals surface area contributed by atoms with Crippen molar-refractivity contribution < 1.29 is 23.8 Å². The molecule has 0 saturated heterocycles. The van der Waals surface area contributed by atoms with Crippen LogP contribution in [-0.2, 0) is 9.59 Å². The first-order valence-corrected chi connectivity index (χ1v) is 8.83. The van der Waals surface area contributed by atoms with Crippen LogP contribution in [-0.4, -0.2) is 39.7 Å². The highest BCUT2D eigenvalue weighted by atomic mass is 16.5. The quantitative estimate of drug-likeness (QED) is 0.755. The summed E-state index contributed by atoms with van der Waals surface area (Å²) in [6.07, 6.45) is 0. The standard InChI is InChI=1S/C21H26N2O5/c1-14(16-9-7-6-8-10-16)22-20(25)13-23(15(2)24)17-11-18(26-3)21(28-5)19(12-17)27-4/h6-12,14H,13H2,1-5H3,(H,22,25). The van der Waals surface area contributed by atoms with Gasteiger partial charge in [0.15, 0.2) is 11.5 Å². The molecule has 2 rings (SSSR count). The highest BCUT2D eigenvalue weighted by Gasteiger charge is 2.22. The summed E-state index contributed by atoms with van der Waals surface area (Å²) in [6, 6.07) is 12.7. The number of hydrogen-bond donors (Lipinski definition) is 1. The normalized spacial score (nSPS) is 11.3. The number of rotatable bonds is 8. The van der Waals surface area contributed by atoms with Crippen LogP contribution in [0.2, 0.25) is 0 Å². The zero-order valence-electron chi connectivity index (χ0n) is 16.8. The van der Waals surface area contributed by atoms with Crippen molar-refractivity contribution in [2.75, 3.05) is 32.8 Å². The van der Waals surface area contributed by atoms with Gasteiger partial charge in [-0.25, -0.2) is 0 Å². The molecule has 1 unspecified atom stereocenters. The van der Waals surface area contributed by atoms with Gasteiger partial charge in [0, 0.05) is 19.1 Å². The zero-order chi connectivity index (χ0) is 20.7. The van der Waals surface area contributed by atoms with Gasteiger partial charge in [-0.2, -0.15) is 0 Å². The average Bonchev–Trinajstić information content (AvgIpc) is 2.71. The lowest BCUT2D eigenvalue weighted by atomic mass is 10.1. The van der Waals surface area contributed by atoms with Crippen LogP contribution in [0.3, 0.4) is 0 Å². The van der Waals surface area contributed by atoms with Crippen LogP contribution in [0.25, 0.3) is 0 Å². The predicted molar refractivity (Wildman–Crippen MR) is 107 cm³/mol. The molecule has 28 heavy (non-hydrogen) atoms. The maximum Gasteiger partial charge on any atom is 0.240 e. The minimum absolute atomic E-state index is 0.134. The third kappa shape index (κ3) is 4.94. The molecule has 0 aromatic heterocycles. The number of methoxy groups -OCH3 is 3. The molecule has 1 atom stereocenters. The largest absolute Gasteiger partial charge is 0.493 e. The molecule has 0 aliphatic rings. The number of ether oxygens (including phenoxy) is 3. The maximum absolute atomic E-state index is 12.6. The molecule has 7 heteroatoms. The summed E-state index contributed by atoms with van der Waals surface area (Å²) < 4.78 is 16.0. The Morgan fingerprint density at radius 2 is 1.57 bits per heavy atom. The van der Waals surface area contributed by atoms with E-state index in [9.17, 15) is 9.59 Å². The fourth-order valence-electron chi connectivity index (χ4n) is 2.86. The number of amides is 2. The molecule has 0 aliphatic carbocycles. The minimum atomic E-state index is -0.281. The summed E-state index contributed by atoms with van der Waals surface area (Å²) in [6.45, 7) is 3.16. The topological polar surface area (TPSA) is 77.1 Å². The number of anilines is 1. The fraction of sp³-hybridized carbons (Fsp3) is 0.333. The molecule has 2 aromatic rings. The van der Waals surface area contributed by atoms with Crippen molar-refractivity contribution >= 4 is 17.5 Å². The average molecular weight is 386 g/mol. The molecule has 0 bridgehead atoms. The van der Waals surface area contributed by atoms with Crippen molar-refractivity contribution in [1.29, 1.82) is 0 Å². The van der Waals surface area contributed by atoms with E-state index in [1.165, 1.54) is 33.2 Å². The van der Waals surface area contributed by atoms with E-state index < -0.39 is 0 Å². The number of nitrogens with zero attached hydrogens (tertiary/aromatic N) is 1. The number of hydrogen-bond acceptors (Lipinski definition) is 5. The number of nitrogens with one attached hydrogen (secondary N) is 1. The molecule has 0 aliphatic heterocycles. The van der Waals surface area contributed by atoms with E-state index >= 15 is 0 Å². The Kier molecular flexibility index (Phi) is 7.26. The van der Waals surface area contributed by atoms with Gasteiger partial charge in [0.05, 0.1) is 33.1 Å². The summed E-state index contributed by atoms with van der Waals surface area (Å²) in [7, 11) is 4.49. The number of carbonyl (C=O) groups excluding carboxylic acids is 2. The third-order valence-corrected chi connectivity index (χ3v) is 4.32. The second-order valence-electron chi connectivity index (χ2n) is 6.19. The zero-order valence-corrected chi connectivity index (χ0v) is 16.8. The van der Waals surface area contributed by atoms with Gasteiger partial charge >= 0.3 is 0 Å². The molecule has 0 saturated carbocycles. The first-order valence-electron chi connectivity index (χ1n) is 8.83. The monoisotopic (exact) mass is 386 g/mol. The maximum atomic E-state index is 12.6. The van der Waals surface area contributed by atoms with Crippen molar-refractivity contribution in [3.63, 3.8) is 0 Å². The summed E-state index contributed by atoms with van der Waals surface area (Å²) in [5.74, 6) is 0.666. The second-order valence-corrected chi connectivity index (χ2v) is 6.19. The van der Waals surface area contributed by atoms with E-state index in [4.69, 9.17) is 14.2 Å². The van der Waals surface area contributed by atoms with Gasteiger partial charge in [0.1, 0.15) is 6.54 Å². The lowest BCUT2D eigenvalue weighted by Gasteiger charge is -2.24. The Balaban J connectivity index is 2.23. The molecule has 1 N–H and O–H groups in total. The van der Waals surface area contributed by atoms with E-state index in [2.05, 4.69) is 5.32 Å². The molecule has 2 aromatic carbocycles. The Bertz CT molecular complexity index is 798. The molecule has 0 heterocycles. The lowest BCUT2D eigenvalue weighted by Crippen LogP contribution is -2.40. The first kappa shape index (κ1) is 21.1. The SMILES string of the molecule is COc1cc(N(CC(=O)NC(C)c2ccccc2)C(C)=O)cc(OC)c1OC. The van der Waals surface area contributed by atoms with Crippen molar-refractivity contribution in [3.8, 4) is 17.2 Å². The van der Waals surface area contributed by atoms with Crippen LogP contribution in [0.4, 0.5) is 5.69 Å². The van der Waals surface area contributed by atoms with E-state index in [0.717, 1.165) is 5.56 Å². The van der Waals surface area contributed by atoms with Gasteiger partial charge in [-0.05, 0) is 12.5 Å². The van der Waals surface area contributed by atoms with Crippen LogP contribution < -0.4 is 24.4 Å². The van der Waals surface area contributed by atoms with E-state index in [1.807, 2.05) is 37.3 Å². The van der Waals surface area contributed by atoms with Crippen LogP contribution in [0, 0.1) is 0 Å². The second kappa shape index (κ2) is 9.64. The van der Waals surface area contributed by atoms with Crippen molar-refractivity contribution in [3.05, 3.63) is 48.0 Å². The molecule has 0 radical (unpaired) electrons. The minimum Gasteiger partial charge on any atom is -0.493 e. The van der Waals surface area contributed by atoms with Crippen molar-refractivity contribution in [2.45, 2.75) is 19.9 Å². The highest BCUT2D eigenvalue weighted by molar-refractivity contribution is 5.98. The van der Waals surface area contributed by atoms with Gasteiger partial charge in [0.2, 0.25) is 17.6 Å². The number of carbonyl (C=O) groups is 2. The highest BCUT2D eigenvalue weighted by Crippen LogP contribution is 2.41.